The zero-order valence-corrected chi connectivity index (χ0v) is 24.3. The molecule has 3 atom stereocenters. The molecule has 0 fully saturated rings. The van der Waals surface area contributed by atoms with Crippen LogP contribution in [0.5, 0.6) is 0 Å². The van der Waals surface area contributed by atoms with Gasteiger partial charge in [-0.3, -0.25) is 9.79 Å². The van der Waals surface area contributed by atoms with Crippen molar-refractivity contribution in [3.05, 3.63) is 95.2 Å². The number of anilines is 1. The number of aliphatic imine (C=N–C) groups is 1. The summed E-state index contributed by atoms with van der Waals surface area (Å²) in [6.45, 7) is 4.45. The molecule has 0 saturated carbocycles. The fraction of sp³-hybridized carbons (Fsp3) is 0.294. The first-order valence-electron chi connectivity index (χ1n) is 14.5. The van der Waals surface area contributed by atoms with Gasteiger partial charge in [-0.15, -0.1) is 0 Å². The van der Waals surface area contributed by atoms with E-state index in [1.807, 2.05) is 0 Å². The Morgan fingerprint density at radius 2 is 1.77 bits per heavy atom. The van der Waals surface area contributed by atoms with Crippen LogP contribution < -0.4 is 16.0 Å². The van der Waals surface area contributed by atoms with Gasteiger partial charge in [0.05, 0.1) is 5.57 Å². The summed E-state index contributed by atoms with van der Waals surface area (Å²) in [7, 11) is 0. The minimum absolute atomic E-state index is 0.0608. The number of carboxylic acids is 2. The van der Waals surface area contributed by atoms with Crippen molar-refractivity contribution in [2.45, 2.75) is 45.1 Å². The quantitative estimate of drug-likeness (QED) is 0.203. The van der Waals surface area contributed by atoms with Gasteiger partial charge in [0.15, 0.2) is 0 Å². The number of urea groups is 1. The van der Waals surface area contributed by atoms with E-state index in [1.165, 1.54) is 21.9 Å². The van der Waals surface area contributed by atoms with Crippen LogP contribution in [0.2, 0.25) is 0 Å². The van der Waals surface area contributed by atoms with Crippen LogP contribution in [0.15, 0.2) is 89.1 Å². The smallest absolute Gasteiger partial charge is 0.334 e. The third-order valence-corrected chi connectivity index (χ3v) is 8.20. The zero-order chi connectivity index (χ0) is 30.5. The largest absolute Gasteiger partial charge is 0.481 e. The molecule has 9 heteroatoms. The van der Waals surface area contributed by atoms with E-state index in [9.17, 15) is 24.6 Å². The van der Waals surface area contributed by atoms with Crippen LogP contribution in [0.4, 0.5) is 10.5 Å². The van der Waals surface area contributed by atoms with Gasteiger partial charge in [-0.05, 0) is 72.7 Å². The number of allylic oxidation sites excluding steroid dienone is 1. The molecular formula is C34H36N4O5. The van der Waals surface area contributed by atoms with Crippen LogP contribution in [0.1, 0.15) is 50.2 Å². The first-order chi connectivity index (χ1) is 20.7. The van der Waals surface area contributed by atoms with Crippen molar-refractivity contribution >= 4 is 45.7 Å². The number of rotatable bonds is 9. The van der Waals surface area contributed by atoms with Crippen molar-refractivity contribution in [2.24, 2.45) is 10.9 Å². The number of aliphatic carboxylic acids is 2. The van der Waals surface area contributed by atoms with Crippen LogP contribution in [-0.2, 0) is 9.59 Å². The Bertz CT molecular complexity index is 1650. The maximum absolute atomic E-state index is 12.7. The third-order valence-electron chi connectivity index (χ3n) is 8.20. The Balaban J connectivity index is 1.16. The summed E-state index contributed by atoms with van der Waals surface area (Å²) < 4.78 is 0. The highest BCUT2D eigenvalue weighted by atomic mass is 16.4. The number of carbonyl (C=O) groups is 3. The predicted octanol–water partition coefficient (Wildman–Crippen LogP) is 5.80. The normalized spacial score (nSPS) is 20.3. The fourth-order valence-electron chi connectivity index (χ4n) is 6.23. The van der Waals surface area contributed by atoms with Crippen LogP contribution in [0.3, 0.4) is 0 Å². The van der Waals surface area contributed by atoms with Crippen molar-refractivity contribution in [3.8, 4) is 0 Å². The SMILES string of the molecule is CC1=NC(C)=C(C(=O)O)C(c2cccc(NC(=O)NCCCC3CC(c4cccc5ccccc45)=CCN3)c2)C1C(=O)O. The number of nitrogens with one attached hydrogen (secondary N) is 3. The number of amides is 2. The number of hydrogen-bond acceptors (Lipinski definition) is 5. The van der Waals surface area contributed by atoms with E-state index in [-0.39, 0.29) is 17.3 Å². The maximum atomic E-state index is 12.7. The van der Waals surface area contributed by atoms with Crippen molar-refractivity contribution in [2.75, 3.05) is 18.4 Å². The number of benzene rings is 3. The van der Waals surface area contributed by atoms with Gasteiger partial charge < -0.3 is 26.2 Å². The second kappa shape index (κ2) is 13.0. The highest BCUT2D eigenvalue weighted by Crippen LogP contribution is 2.40. The van der Waals surface area contributed by atoms with Gasteiger partial charge in [0, 0.05) is 42.1 Å². The molecule has 3 aromatic rings. The lowest BCUT2D eigenvalue weighted by Crippen LogP contribution is -2.35. The Hall–Kier alpha value is -4.76. The van der Waals surface area contributed by atoms with E-state index < -0.39 is 23.8 Å². The molecule has 3 unspecified atom stereocenters. The van der Waals surface area contributed by atoms with E-state index in [0.717, 1.165) is 25.8 Å². The summed E-state index contributed by atoms with van der Waals surface area (Å²) >= 11 is 0. The summed E-state index contributed by atoms with van der Waals surface area (Å²) in [5.74, 6) is -4.43. The molecule has 2 aliphatic heterocycles. The molecule has 0 radical (unpaired) electrons. The van der Waals surface area contributed by atoms with Crippen molar-refractivity contribution in [1.82, 2.24) is 10.6 Å². The average molecular weight is 581 g/mol. The highest BCUT2D eigenvalue weighted by molar-refractivity contribution is 6.06. The number of hydrogen-bond donors (Lipinski definition) is 5. The van der Waals surface area contributed by atoms with Gasteiger partial charge in [-0.25, -0.2) is 9.59 Å². The number of nitrogens with zero attached hydrogens (tertiary/aromatic N) is 1. The second-order valence-electron chi connectivity index (χ2n) is 11.1. The Labute approximate surface area is 250 Å². The average Bonchev–Trinajstić information content (AvgIpc) is 2.98. The Morgan fingerprint density at radius 3 is 2.56 bits per heavy atom. The molecule has 0 aromatic heterocycles. The summed E-state index contributed by atoms with van der Waals surface area (Å²) in [4.78, 5) is 41.1. The first-order valence-corrected chi connectivity index (χ1v) is 14.5. The molecule has 0 saturated heterocycles. The zero-order valence-electron chi connectivity index (χ0n) is 24.3. The highest BCUT2D eigenvalue weighted by Gasteiger charge is 2.41. The summed E-state index contributed by atoms with van der Waals surface area (Å²) in [5, 5.41) is 31.5. The van der Waals surface area contributed by atoms with Crippen molar-refractivity contribution in [1.29, 1.82) is 0 Å². The van der Waals surface area contributed by atoms with Crippen LogP contribution >= 0.6 is 0 Å². The molecule has 3 aromatic carbocycles. The van der Waals surface area contributed by atoms with Crippen LogP contribution in [0.25, 0.3) is 16.3 Å². The third kappa shape index (κ3) is 6.67. The molecular weight excluding hydrogens is 544 g/mol. The summed E-state index contributed by atoms with van der Waals surface area (Å²) in [6, 6.07) is 21.4. The van der Waals surface area contributed by atoms with Gasteiger partial charge in [0.2, 0.25) is 0 Å². The van der Waals surface area contributed by atoms with Gasteiger partial charge >= 0.3 is 18.0 Å². The molecule has 5 rings (SSSR count). The van der Waals surface area contributed by atoms with Crippen molar-refractivity contribution in [3.63, 3.8) is 0 Å². The molecule has 2 amide bonds. The Morgan fingerprint density at radius 1 is 1.00 bits per heavy atom. The van der Waals surface area contributed by atoms with Gasteiger partial charge in [0.25, 0.3) is 0 Å². The van der Waals surface area contributed by atoms with Gasteiger partial charge in [-0.2, -0.15) is 0 Å². The molecule has 222 valence electrons. The lowest BCUT2D eigenvalue weighted by Gasteiger charge is -2.29. The number of carbonyl (C=O) groups excluding carboxylic acids is 1. The molecule has 0 aliphatic carbocycles. The molecule has 2 heterocycles. The lowest BCUT2D eigenvalue weighted by molar-refractivity contribution is -0.140. The van der Waals surface area contributed by atoms with E-state index in [4.69, 9.17) is 0 Å². The van der Waals surface area contributed by atoms with E-state index in [2.05, 4.69) is 69.5 Å². The first kappa shape index (κ1) is 29.7. The molecule has 5 N–H and O–H groups in total. The van der Waals surface area contributed by atoms with Gasteiger partial charge in [-0.1, -0.05) is 60.7 Å². The molecule has 43 heavy (non-hydrogen) atoms. The van der Waals surface area contributed by atoms with Gasteiger partial charge in [0.1, 0.15) is 5.92 Å². The molecule has 2 aliphatic rings. The molecule has 0 spiro atoms. The monoisotopic (exact) mass is 580 g/mol. The van der Waals surface area contributed by atoms with Crippen LogP contribution in [0, 0.1) is 5.92 Å². The minimum Gasteiger partial charge on any atom is -0.481 e. The minimum atomic E-state index is -1.21. The Kier molecular flexibility index (Phi) is 9.01. The lowest BCUT2D eigenvalue weighted by atomic mass is 9.75. The van der Waals surface area contributed by atoms with E-state index in [0.29, 0.717) is 29.5 Å². The fourth-order valence-corrected chi connectivity index (χ4v) is 6.23. The topological polar surface area (TPSA) is 140 Å². The molecule has 9 nitrogen and oxygen atoms in total. The summed E-state index contributed by atoms with van der Waals surface area (Å²) in [5.41, 5.74) is 4.09. The molecule has 0 bridgehead atoms. The maximum Gasteiger partial charge on any atom is 0.334 e. The predicted molar refractivity (Wildman–Crippen MR) is 168 cm³/mol. The van der Waals surface area contributed by atoms with E-state index in [1.54, 1.807) is 38.1 Å². The second-order valence-corrected chi connectivity index (χ2v) is 11.1. The summed E-state index contributed by atoms with van der Waals surface area (Å²) in [6.07, 6.45) is 4.87. The van der Waals surface area contributed by atoms with Crippen molar-refractivity contribution < 1.29 is 24.6 Å². The number of carboxylic acid groups (broad SMARTS) is 2. The van der Waals surface area contributed by atoms with Crippen LogP contribution in [-0.4, -0.2) is 53.0 Å². The standard InChI is InChI=1S/C34H36N4O5/c1-20-29(32(39)40)31(30(33(41)42)21(2)37-20)24-10-5-11-26(19-24)38-34(43)36-16-7-12-25-18-23(15-17-35-25)28-14-6-9-22-8-3-4-13-27(22)28/h3-6,8-11,13-15,19,25,29,31,35H,7,12,16-18H2,1-2H3,(H,39,40)(H,41,42)(H2,36,38,43). The number of fused-ring (bicyclic) bond motifs is 1. The van der Waals surface area contributed by atoms with E-state index >= 15 is 0 Å².